The van der Waals surface area contributed by atoms with Gasteiger partial charge in [0.15, 0.2) is 0 Å². The molecule has 1 heterocycles. The van der Waals surface area contributed by atoms with E-state index in [0.717, 1.165) is 0 Å². The summed E-state index contributed by atoms with van der Waals surface area (Å²) < 4.78 is 26.1. The van der Waals surface area contributed by atoms with Crippen molar-refractivity contribution in [1.82, 2.24) is 4.98 Å². The minimum absolute atomic E-state index is 0.0296. The van der Waals surface area contributed by atoms with Gasteiger partial charge in [0.1, 0.15) is 5.69 Å². The predicted molar refractivity (Wildman–Crippen MR) is 66.8 cm³/mol. The fourth-order valence-electron chi connectivity index (χ4n) is 1.59. The molecule has 1 aromatic carbocycles. The average molecular weight is 312 g/mol. The molecule has 2 nitrogen and oxygen atoms in total. The maximum Gasteiger partial charge on any atom is 0.265 e. The van der Waals surface area contributed by atoms with Gasteiger partial charge in [0, 0.05) is 21.8 Å². The number of alkyl halides is 2. The van der Waals surface area contributed by atoms with Gasteiger partial charge in [-0.2, -0.15) is 0 Å². The third kappa shape index (κ3) is 2.46. The fraction of sp³-hybridized carbons (Fsp3) is 0.0769. The normalized spacial score (nSPS) is 10.7. The smallest absolute Gasteiger partial charge is 0.265 e. The number of ketones is 1. The second-order valence-corrected chi connectivity index (χ2v) is 4.40. The molecule has 0 aliphatic heterocycles. The second-order valence-electron chi connectivity index (χ2n) is 3.55. The first-order valence-corrected chi connectivity index (χ1v) is 5.93. The van der Waals surface area contributed by atoms with Crippen molar-refractivity contribution in [3.63, 3.8) is 0 Å². The lowest BCUT2D eigenvalue weighted by Crippen LogP contribution is -2.08. The summed E-state index contributed by atoms with van der Waals surface area (Å²) in [7, 11) is 0. The van der Waals surface area contributed by atoms with Crippen LogP contribution in [0.3, 0.4) is 0 Å². The summed E-state index contributed by atoms with van der Waals surface area (Å²) in [5.41, 5.74) is -0.177. The second kappa shape index (κ2) is 5.35. The van der Waals surface area contributed by atoms with Gasteiger partial charge < -0.3 is 0 Å². The van der Waals surface area contributed by atoms with E-state index in [4.69, 9.17) is 0 Å². The van der Waals surface area contributed by atoms with Crippen LogP contribution in [0, 0.1) is 0 Å². The van der Waals surface area contributed by atoms with Gasteiger partial charge >= 0.3 is 0 Å². The lowest BCUT2D eigenvalue weighted by atomic mass is 10.0. The number of hydrogen-bond donors (Lipinski definition) is 0. The molecule has 0 fully saturated rings. The van der Waals surface area contributed by atoms with Gasteiger partial charge in [0.2, 0.25) is 5.78 Å². The summed E-state index contributed by atoms with van der Waals surface area (Å²) in [6.45, 7) is 0. The Labute approximate surface area is 111 Å². The zero-order valence-electron chi connectivity index (χ0n) is 9.11. The Morgan fingerprint density at radius 1 is 1.17 bits per heavy atom. The summed E-state index contributed by atoms with van der Waals surface area (Å²) in [4.78, 5) is 16.0. The molecule has 0 aliphatic rings. The van der Waals surface area contributed by atoms with Crippen LogP contribution in [-0.4, -0.2) is 10.8 Å². The first-order valence-electron chi connectivity index (χ1n) is 5.13. The zero-order valence-corrected chi connectivity index (χ0v) is 10.7. The van der Waals surface area contributed by atoms with E-state index < -0.39 is 12.2 Å². The molecule has 2 rings (SSSR count). The third-order valence-corrected chi connectivity index (χ3v) is 3.10. The largest absolute Gasteiger partial charge is 0.287 e. The number of hydrogen-bond acceptors (Lipinski definition) is 2. The summed E-state index contributed by atoms with van der Waals surface area (Å²) in [5.74, 6) is -0.507. The van der Waals surface area contributed by atoms with Crippen LogP contribution in [0.15, 0.2) is 47.1 Å². The Hall–Kier alpha value is -1.62. The van der Waals surface area contributed by atoms with E-state index in [2.05, 4.69) is 20.9 Å². The van der Waals surface area contributed by atoms with E-state index in [1.807, 2.05) is 0 Å². The van der Waals surface area contributed by atoms with Crippen LogP contribution in [0.4, 0.5) is 8.78 Å². The molecular formula is C13H8BrF2NO. The number of carbonyl (C=O) groups excluding carboxylic acids is 1. The molecule has 18 heavy (non-hydrogen) atoms. The predicted octanol–water partition coefficient (Wildman–Crippen LogP) is 4.01. The highest BCUT2D eigenvalue weighted by molar-refractivity contribution is 9.10. The van der Waals surface area contributed by atoms with Crippen molar-refractivity contribution >= 4 is 21.7 Å². The highest BCUT2D eigenvalue weighted by Gasteiger charge is 2.22. The van der Waals surface area contributed by atoms with Crippen LogP contribution in [-0.2, 0) is 0 Å². The SMILES string of the molecule is O=C(c1ccccn1)c1cccc(Br)c1C(F)F. The van der Waals surface area contributed by atoms with Crippen LogP contribution in [0.2, 0.25) is 0 Å². The van der Waals surface area contributed by atoms with Crippen molar-refractivity contribution < 1.29 is 13.6 Å². The van der Waals surface area contributed by atoms with Crippen LogP contribution >= 0.6 is 15.9 Å². The van der Waals surface area contributed by atoms with Crippen LogP contribution in [0.5, 0.6) is 0 Å². The van der Waals surface area contributed by atoms with Crippen LogP contribution in [0.1, 0.15) is 28.0 Å². The molecular weight excluding hydrogens is 304 g/mol. The summed E-state index contributed by atoms with van der Waals surface area (Å²) in [6, 6.07) is 9.20. The molecule has 0 unspecified atom stereocenters. The summed E-state index contributed by atoms with van der Waals surface area (Å²) in [6.07, 6.45) is -1.27. The number of halogens is 3. The number of carbonyl (C=O) groups is 1. The number of rotatable bonds is 3. The van der Waals surface area contributed by atoms with E-state index in [1.54, 1.807) is 18.2 Å². The molecule has 0 spiro atoms. The first kappa shape index (κ1) is 12.8. The molecule has 2 aromatic rings. The Bertz CT molecular complexity index is 572. The molecule has 0 bridgehead atoms. The standard InChI is InChI=1S/C13H8BrF2NO/c14-9-5-3-4-8(11(9)13(15)16)12(18)10-6-1-2-7-17-10/h1-7,13H. The van der Waals surface area contributed by atoms with Crippen molar-refractivity contribution in [1.29, 1.82) is 0 Å². The van der Waals surface area contributed by atoms with Crippen molar-refractivity contribution in [3.8, 4) is 0 Å². The number of nitrogens with zero attached hydrogens (tertiary/aromatic N) is 1. The molecule has 0 radical (unpaired) electrons. The minimum Gasteiger partial charge on any atom is -0.287 e. The van der Waals surface area contributed by atoms with Crippen LogP contribution < -0.4 is 0 Å². The van der Waals surface area contributed by atoms with Crippen molar-refractivity contribution in [2.45, 2.75) is 6.43 Å². The molecule has 5 heteroatoms. The number of benzene rings is 1. The summed E-state index contributed by atoms with van der Waals surface area (Å²) in [5, 5.41) is 0. The highest BCUT2D eigenvalue weighted by Crippen LogP contribution is 2.31. The lowest BCUT2D eigenvalue weighted by Gasteiger charge is -2.09. The van der Waals surface area contributed by atoms with Crippen molar-refractivity contribution in [3.05, 3.63) is 63.9 Å². The Balaban J connectivity index is 2.52. The van der Waals surface area contributed by atoms with Gasteiger partial charge in [-0.05, 0) is 18.2 Å². The topological polar surface area (TPSA) is 30.0 Å². The average Bonchev–Trinajstić information content (AvgIpc) is 2.38. The van der Waals surface area contributed by atoms with E-state index in [1.165, 1.54) is 24.4 Å². The molecule has 0 N–H and O–H groups in total. The van der Waals surface area contributed by atoms with Gasteiger partial charge in [-0.15, -0.1) is 0 Å². The van der Waals surface area contributed by atoms with E-state index in [-0.39, 0.29) is 21.3 Å². The molecule has 0 saturated carbocycles. The van der Waals surface area contributed by atoms with E-state index in [0.29, 0.717) is 0 Å². The quantitative estimate of drug-likeness (QED) is 0.802. The third-order valence-electron chi connectivity index (χ3n) is 2.41. The van der Waals surface area contributed by atoms with E-state index >= 15 is 0 Å². The minimum atomic E-state index is -2.72. The van der Waals surface area contributed by atoms with Crippen molar-refractivity contribution in [2.24, 2.45) is 0 Å². The molecule has 0 amide bonds. The molecule has 92 valence electrons. The Morgan fingerprint density at radius 3 is 2.56 bits per heavy atom. The molecule has 1 aromatic heterocycles. The van der Waals surface area contributed by atoms with Gasteiger partial charge in [0.05, 0.1) is 0 Å². The van der Waals surface area contributed by atoms with Gasteiger partial charge in [-0.25, -0.2) is 8.78 Å². The number of aromatic nitrogens is 1. The van der Waals surface area contributed by atoms with Gasteiger partial charge in [-0.1, -0.05) is 34.1 Å². The molecule has 0 atom stereocenters. The Morgan fingerprint density at radius 2 is 1.94 bits per heavy atom. The van der Waals surface area contributed by atoms with Crippen molar-refractivity contribution in [2.75, 3.05) is 0 Å². The number of pyridine rings is 1. The first-order chi connectivity index (χ1) is 8.61. The monoisotopic (exact) mass is 311 g/mol. The lowest BCUT2D eigenvalue weighted by molar-refractivity contribution is 0.101. The van der Waals surface area contributed by atoms with E-state index in [9.17, 15) is 13.6 Å². The van der Waals surface area contributed by atoms with Gasteiger partial charge in [-0.3, -0.25) is 9.78 Å². The molecule has 0 saturated heterocycles. The maximum absolute atomic E-state index is 13.0. The zero-order chi connectivity index (χ0) is 13.1. The molecule has 0 aliphatic carbocycles. The van der Waals surface area contributed by atoms with Crippen LogP contribution in [0.25, 0.3) is 0 Å². The maximum atomic E-state index is 13.0. The Kier molecular flexibility index (Phi) is 3.81. The highest BCUT2D eigenvalue weighted by atomic mass is 79.9. The summed E-state index contributed by atoms with van der Waals surface area (Å²) >= 11 is 3.04. The fourth-order valence-corrected chi connectivity index (χ4v) is 2.13. The van der Waals surface area contributed by atoms with Gasteiger partial charge in [0.25, 0.3) is 6.43 Å².